The molecule has 0 radical (unpaired) electrons. The number of hydrogen-bond donors (Lipinski definition) is 10. The lowest BCUT2D eigenvalue weighted by atomic mass is 10.0. The number of hydrogen-bond acceptors (Lipinski definition) is 9. The second-order valence-corrected chi connectivity index (χ2v) is 12.4. The van der Waals surface area contributed by atoms with Gasteiger partial charge in [-0.2, -0.15) is 0 Å². The van der Waals surface area contributed by atoms with E-state index in [4.69, 9.17) is 34.4 Å². The second kappa shape index (κ2) is 20.9. The van der Waals surface area contributed by atoms with Crippen LogP contribution in [0.3, 0.4) is 0 Å². The van der Waals surface area contributed by atoms with Crippen LogP contribution in [0.4, 0.5) is 0 Å². The van der Waals surface area contributed by atoms with Gasteiger partial charge < -0.3 is 60.6 Å². The van der Waals surface area contributed by atoms with E-state index in [9.17, 15) is 28.8 Å². The largest absolute Gasteiger partial charge is 0.370 e. The van der Waals surface area contributed by atoms with Crippen molar-refractivity contribution in [2.75, 3.05) is 19.6 Å². The average Bonchev–Trinajstić information content (AvgIpc) is 3.57. The minimum absolute atomic E-state index is 0.0976. The zero-order valence-corrected chi connectivity index (χ0v) is 29.2. The Morgan fingerprint density at radius 2 is 1.33 bits per heavy atom. The molecule has 0 saturated carbocycles. The first-order valence-electron chi connectivity index (χ1n) is 16.8. The second-order valence-electron chi connectivity index (χ2n) is 12.4. The molecule has 1 aromatic rings. The molecule has 0 bridgehead atoms. The number of aliphatic imine (C=N–C) groups is 2. The summed E-state index contributed by atoms with van der Waals surface area (Å²) in [6.07, 6.45) is 1.71. The fourth-order valence-corrected chi connectivity index (χ4v) is 5.36. The highest BCUT2D eigenvalue weighted by molar-refractivity contribution is 5.96. The number of nitrogens with zero attached hydrogens (tertiary/aromatic N) is 3. The van der Waals surface area contributed by atoms with E-state index < -0.39 is 71.7 Å². The van der Waals surface area contributed by atoms with Gasteiger partial charge in [-0.25, -0.2) is 0 Å². The van der Waals surface area contributed by atoms with Crippen LogP contribution in [-0.2, 0) is 35.2 Å². The quantitative estimate of drug-likeness (QED) is 0.0353. The molecule has 0 unspecified atom stereocenters. The fraction of sp³-hybridized carbons (Fsp3) is 0.562. The van der Waals surface area contributed by atoms with Crippen LogP contribution in [0.15, 0.2) is 40.3 Å². The summed E-state index contributed by atoms with van der Waals surface area (Å²) in [7, 11) is 0. The SMILES string of the molecule is C[C@H](N)C(=O)N[C@@H](C)C(=O)N[C@@H](CCCN=C(N)N)C(=O)N1CCC[C@H]1C(=O)N[C@@H](CCCN=C(N)N)C(=O)N[C@@H](Cc1ccccc1)C(N)=O. The molecule has 1 aromatic carbocycles. The molecule has 6 amide bonds. The number of rotatable bonds is 20. The number of nitrogens with two attached hydrogens (primary N) is 6. The van der Waals surface area contributed by atoms with Crippen LogP contribution in [0.25, 0.3) is 0 Å². The summed E-state index contributed by atoms with van der Waals surface area (Å²) >= 11 is 0. The van der Waals surface area contributed by atoms with Crippen LogP contribution < -0.4 is 55.7 Å². The molecule has 1 heterocycles. The Kier molecular flexibility index (Phi) is 17.1. The van der Waals surface area contributed by atoms with E-state index in [2.05, 4.69) is 31.3 Å². The normalized spacial score (nSPS) is 16.7. The van der Waals surface area contributed by atoms with Crippen molar-refractivity contribution < 1.29 is 28.8 Å². The van der Waals surface area contributed by atoms with Gasteiger partial charge in [-0.1, -0.05) is 30.3 Å². The Bertz CT molecular complexity index is 1410. The number of amides is 6. The van der Waals surface area contributed by atoms with Crippen molar-refractivity contribution >= 4 is 47.4 Å². The number of likely N-dealkylation sites (tertiary alicyclic amines) is 1. The van der Waals surface area contributed by atoms with Crippen LogP contribution >= 0.6 is 0 Å². The van der Waals surface area contributed by atoms with Gasteiger partial charge in [0.2, 0.25) is 35.4 Å². The monoisotopic (exact) mass is 715 g/mol. The Hall–Kier alpha value is -5.46. The molecular weight excluding hydrogens is 662 g/mol. The maximum Gasteiger partial charge on any atom is 0.245 e. The molecule has 16 N–H and O–H groups in total. The minimum atomic E-state index is -1.13. The van der Waals surface area contributed by atoms with Gasteiger partial charge in [0.05, 0.1) is 6.04 Å². The third kappa shape index (κ3) is 14.5. The summed E-state index contributed by atoms with van der Waals surface area (Å²) in [5.74, 6) is -4.02. The van der Waals surface area contributed by atoms with Crippen LogP contribution in [0, 0.1) is 0 Å². The lowest BCUT2D eigenvalue weighted by Gasteiger charge is -2.30. The average molecular weight is 716 g/mol. The summed E-state index contributed by atoms with van der Waals surface area (Å²) < 4.78 is 0. The van der Waals surface area contributed by atoms with Gasteiger partial charge >= 0.3 is 0 Å². The van der Waals surface area contributed by atoms with Crippen molar-refractivity contribution in [3.63, 3.8) is 0 Å². The molecule has 1 fully saturated rings. The van der Waals surface area contributed by atoms with Gasteiger partial charge in [0.25, 0.3) is 0 Å². The number of carbonyl (C=O) groups is 6. The van der Waals surface area contributed by atoms with Crippen LogP contribution in [0.1, 0.15) is 57.9 Å². The van der Waals surface area contributed by atoms with Crippen molar-refractivity contribution in [3.8, 4) is 0 Å². The molecule has 19 nitrogen and oxygen atoms in total. The van der Waals surface area contributed by atoms with Gasteiger partial charge in [-0.05, 0) is 57.9 Å². The maximum absolute atomic E-state index is 13.9. The Labute approximate surface area is 297 Å². The first-order chi connectivity index (χ1) is 24.1. The Balaban J connectivity index is 2.25. The number of benzene rings is 1. The molecule has 0 spiro atoms. The molecular formula is C32H53N13O6. The van der Waals surface area contributed by atoms with E-state index in [0.717, 1.165) is 5.56 Å². The van der Waals surface area contributed by atoms with E-state index in [-0.39, 0.29) is 57.2 Å². The molecule has 6 atom stereocenters. The third-order valence-corrected chi connectivity index (χ3v) is 8.08. The minimum Gasteiger partial charge on any atom is -0.370 e. The standard InChI is InChI=1S/C32H53N13O6/c1-18(33)26(47)41-19(2)27(48)43-22(12-7-15-40-32(37)38)30(51)45-16-8-13-24(45)29(50)42-21(11-6-14-39-31(35)36)28(49)44-23(25(34)46)17-20-9-4-3-5-10-20/h3-5,9-10,18-19,21-24H,6-8,11-17,33H2,1-2H3,(H2,34,46)(H,41,47)(H,42,50)(H,43,48)(H,44,49)(H4,35,36,39)(H4,37,38,40)/t18-,19-,21-,22-,23-,24-/m0/s1. The lowest BCUT2D eigenvalue weighted by molar-refractivity contribution is -0.142. The third-order valence-electron chi connectivity index (χ3n) is 8.08. The summed E-state index contributed by atoms with van der Waals surface area (Å²) in [6, 6.07) is 2.82. The van der Waals surface area contributed by atoms with Crippen LogP contribution in [0.2, 0.25) is 0 Å². The summed E-state index contributed by atoms with van der Waals surface area (Å²) in [4.78, 5) is 87.8. The van der Waals surface area contributed by atoms with Crippen molar-refractivity contribution in [2.45, 2.75) is 95.0 Å². The Morgan fingerprint density at radius 1 is 0.765 bits per heavy atom. The number of nitrogens with one attached hydrogen (secondary N) is 4. The molecule has 0 aromatic heterocycles. The van der Waals surface area contributed by atoms with Crippen molar-refractivity contribution in [1.82, 2.24) is 26.2 Å². The zero-order valence-electron chi connectivity index (χ0n) is 29.2. The van der Waals surface area contributed by atoms with Crippen molar-refractivity contribution in [2.24, 2.45) is 44.4 Å². The fourth-order valence-electron chi connectivity index (χ4n) is 5.36. The zero-order chi connectivity index (χ0) is 38.1. The summed E-state index contributed by atoms with van der Waals surface area (Å²) in [6.45, 7) is 3.47. The molecule has 2 rings (SSSR count). The van der Waals surface area contributed by atoms with Gasteiger partial charge in [0.1, 0.15) is 30.2 Å². The maximum atomic E-state index is 13.9. The predicted molar refractivity (Wildman–Crippen MR) is 191 cm³/mol. The van der Waals surface area contributed by atoms with E-state index in [1.54, 1.807) is 24.3 Å². The Morgan fingerprint density at radius 3 is 1.88 bits per heavy atom. The van der Waals surface area contributed by atoms with Crippen LogP contribution in [-0.4, -0.2) is 108 Å². The van der Waals surface area contributed by atoms with Crippen molar-refractivity contribution in [1.29, 1.82) is 0 Å². The lowest BCUT2D eigenvalue weighted by Crippen LogP contribution is -2.59. The number of carbonyl (C=O) groups excluding carboxylic acids is 6. The molecule has 19 heteroatoms. The van der Waals surface area contributed by atoms with E-state index in [0.29, 0.717) is 19.3 Å². The van der Waals surface area contributed by atoms with Gasteiger partial charge in [0.15, 0.2) is 11.9 Å². The molecule has 1 aliphatic heterocycles. The summed E-state index contributed by atoms with van der Waals surface area (Å²) in [5, 5.41) is 10.5. The van der Waals surface area contributed by atoms with E-state index >= 15 is 0 Å². The van der Waals surface area contributed by atoms with Gasteiger partial charge in [-0.15, -0.1) is 0 Å². The highest BCUT2D eigenvalue weighted by Gasteiger charge is 2.39. The molecule has 282 valence electrons. The van der Waals surface area contributed by atoms with E-state index in [1.807, 2.05) is 6.07 Å². The first-order valence-corrected chi connectivity index (χ1v) is 16.8. The molecule has 51 heavy (non-hydrogen) atoms. The first kappa shape index (κ1) is 41.7. The van der Waals surface area contributed by atoms with Gasteiger partial charge in [-0.3, -0.25) is 38.8 Å². The topological polar surface area (TPSA) is 335 Å². The molecule has 1 aliphatic rings. The highest BCUT2D eigenvalue weighted by atomic mass is 16.2. The van der Waals surface area contributed by atoms with E-state index in [1.165, 1.54) is 18.7 Å². The molecule has 1 saturated heterocycles. The van der Waals surface area contributed by atoms with Gasteiger partial charge in [0, 0.05) is 26.1 Å². The number of guanidine groups is 2. The number of primary amides is 1. The smallest absolute Gasteiger partial charge is 0.245 e. The van der Waals surface area contributed by atoms with Crippen LogP contribution in [0.5, 0.6) is 0 Å². The highest BCUT2D eigenvalue weighted by Crippen LogP contribution is 2.20. The predicted octanol–water partition coefficient (Wildman–Crippen LogP) is -3.88. The summed E-state index contributed by atoms with van der Waals surface area (Å²) in [5.41, 5.74) is 33.7. The van der Waals surface area contributed by atoms with Crippen molar-refractivity contribution in [3.05, 3.63) is 35.9 Å². The molecule has 0 aliphatic carbocycles.